The number of ether oxygens (including phenoxy) is 1. The monoisotopic (exact) mass is 356 g/mol. The van der Waals surface area contributed by atoms with E-state index >= 15 is 0 Å². The van der Waals surface area contributed by atoms with Crippen molar-refractivity contribution in [1.29, 1.82) is 0 Å². The van der Waals surface area contributed by atoms with Gasteiger partial charge in [-0.1, -0.05) is 0 Å². The molecule has 0 fully saturated rings. The quantitative estimate of drug-likeness (QED) is 0.434. The second-order valence-electron chi connectivity index (χ2n) is 4.29. The highest BCUT2D eigenvalue weighted by molar-refractivity contribution is 5.61. The van der Waals surface area contributed by atoms with E-state index in [2.05, 4.69) is 4.74 Å². The zero-order valence-corrected chi connectivity index (χ0v) is 10.2. The fourth-order valence-corrected chi connectivity index (χ4v) is 1.83. The first-order valence-corrected chi connectivity index (χ1v) is 5.35. The minimum Gasteiger partial charge on any atom is -0.445 e. The molecule has 1 unspecified atom stereocenters. The summed E-state index contributed by atoms with van der Waals surface area (Å²) in [6.07, 6.45) is -12.3. The Labute approximate surface area is 119 Å². The van der Waals surface area contributed by atoms with Gasteiger partial charge in [0.05, 0.1) is 5.56 Å². The average molecular weight is 356 g/mol. The number of alkyl halides is 6. The van der Waals surface area contributed by atoms with Crippen molar-refractivity contribution in [3.8, 4) is 0 Å². The predicted octanol–water partition coefficient (Wildman–Crippen LogP) is 3.88. The Bertz CT molecular complexity index is 702. The third kappa shape index (κ3) is 2.40. The highest BCUT2D eigenvalue weighted by Gasteiger charge is 2.64. The molecule has 1 heterocycles. The van der Waals surface area contributed by atoms with Crippen LogP contribution in [0.15, 0.2) is 5.76 Å². The minimum atomic E-state index is -6.13. The Hall–Kier alpha value is -1.98. The summed E-state index contributed by atoms with van der Waals surface area (Å²) in [6, 6.07) is 0. The number of hydrogen-bond acceptors (Lipinski definition) is 2. The van der Waals surface area contributed by atoms with E-state index < -0.39 is 64.4 Å². The van der Waals surface area contributed by atoms with Gasteiger partial charge in [-0.05, 0) is 6.08 Å². The van der Waals surface area contributed by atoms with Crippen molar-refractivity contribution in [3.05, 3.63) is 40.2 Å². The van der Waals surface area contributed by atoms with Gasteiger partial charge in [0.15, 0.2) is 23.3 Å². The van der Waals surface area contributed by atoms with Crippen LogP contribution < -0.4 is 0 Å². The molecule has 1 aliphatic rings. The van der Waals surface area contributed by atoms with E-state index in [1.165, 1.54) is 0 Å². The Morgan fingerprint density at radius 1 is 0.826 bits per heavy atom. The van der Waals surface area contributed by atoms with Crippen molar-refractivity contribution >= 4 is 6.08 Å². The van der Waals surface area contributed by atoms with Gasteiger partial charge in [0, 0.05) is 5.56 Å². The fourth-order valence-electron chi connectivity index (χ4n) is 1.83. The summed E-state index contributed by atoms with van der Waals surface area (Å²) in [5.41, 5.74) is -4.32. The van der Waals surface area contributed by atoms with Gasteiger partial charge in [0.25, 0.3) is 0 Å². The predicted molar refractivity (Wildman–Crippen MR) is 51.3 cm³/mol. The second-order valence-corrected chi connectivity index (χ2v) is 4.29. The lowest BCUT2D eigenvalue weighted by atomic mass is 9.93. The van der Waals surface area contributed by atoms with Crippen molar-refractivity contribution in [2.75, 3.05) is 0 Å². The van der Waals surface area contributed by atoms with Crippen LogP contribution in [0.2, 0.25) is 0 Å². The summed E-state index contributed by atoms with van der Waals surface area (Å²) < 4.78 is 133. The lowest BCUT2D eigenvalue weighted by Gasteiger charge is -2.36. The Balaban J connectivity index is 2.95. The van der Waals surface area contributed by atoms with E-state index in [9.17, 15) is 49.0 Å². The molecule has 0 saturated heterocycles. The van der Waals surface area contributed by atoms with Crippen LogP contribution in [0.5, 0.6) is 0 Å². The Morgan fingerprint density at radius 2 is 1.30 bits per heavy atom. The van der Waals surface area contributed by atoms with Gasteiger partial charge in [-0.15, -0.1) is 0 Å². The summed E-state index contributed by atoms with van der Waals surface area (Å²) >= 11 is 0. The van der Waals surface area contributed by atoms with Gasteiger partial charge in [-0.25, -0.2) is 17.6 Å². The summed E-state index contributed by atoms with van der Waals surface area (Å²) in [5.74, 6) is -18.3. The first-order chi connectivity index (χ1) is 10.2. The number of benzene rings is 1. The van der Waals surface area contributed by atoms with Crippen LogP contribution in [-0.2, 0) is 10.5 Å². The molecule has 2 rings (SSSR count). The lowest BCUT2D eigenvalue weighted by Crippen LogP contribution is -2.49. The first kappa shape index (κ1) is 17.4. The molecule has 2 nitrogen and oxygen atoms in total. The molecule has 1 aromatic rings. The molecule has 0 radical (unpaired) electrons. The number of aliphatic hydroxyl groups is 1. The lowest BCUT2D eigenvalue weighted by molar-refractivity contribution is -0.375. The molecule has 1 atom stereocenters. The largest absolute Gasteiger partial charge is 0.460 e. The molecule has 0 aliphatic carbocycles. The van der Waals surface area contributed by atoms with E-state index in [-0.39, 0.29) is 0 Å². The highest BCUT2D eigenvalue weighted by atomic mass is 19.4. The maximum absolute atomic E-state index is 13.5. The SMILES string of the molecule is OC1(C(F)(F)F)OC(C(F)(F)F)=Cc2c(F)c(F)c(F)c(F)c21. The van der Waals surface area contributed by atoms with E-state index in [0.717, 1.165) is 0 Å². The zero-order valence-electron chi connectivity index (χ0n) is 10.2. The number of halogens is 10. The van der Waals surface area contributed by atoms with E-state index in [4.69, 9.17) is 0 Å². The maximum atomic E-state index is 13.5. The summed E-state index contributed by atoms with van der Waals surface area (Å²) in [5, 5.41) is 9.33. The van der Waals surface area contributed by atoms with Gasteiger partial charge in [0.1, 0.15) is 0 Å². The van der Waals surface area contributed by atoms with Gasteiger partial charge in [0.2, 0.25) is 5.76 Å². The van der Waals surface area contributed by atoms with Crippen LogP contribution in [-0.4, -0.2) is 17.5 Å². The smallest absolute Gasteiger partial charge is 0.445 e. The highest BCUT2D eigenvalue weighted by Crippen LogP contribution is 2.50. The van der Waals surface area contributed by atoms with Gasteiger partial charge >= 0.3 is 18.1 Å². The number of hydrogen-bond donors (Lipinski definition) is 1. The molecular formula is C11H2F10O2. The summed E-state index contributed by atoms with van der Waals surface area (Å²) in [7, 11) is 0. The maximum Gasteiger partial charge on any atom is 0.460 e. The van der Waals surface area contributed by atoms with Crippen LogP contribution >= 0.6 is 0 Å². The molecular weight excluding hydrogens is 354 g/mol. The van der Waals surface area contributed by atoms with Gasteiger partial charge in [-0.3, -0.25) is 0 Å². The van der Waals surface area contributed by atoms with Crippen LogP contribution in [0.4, 0.5) is 43.9 Å². The minimum absolute atomic E-state index is 0.517. The molecule has 0 spiro atoms. The van der Waals surface area contributed by atoms with Gasteiger partial charge < -0.3 is 9.84 Å². The van der Waals surface area contributed by atoms with E-state index in [1.54, 1.807) is 0 Å². The van der Waals surface area contributed by atoms with E-state index in [1.807, 2.05) is 0 Å². The summed E-state index contributed by atoms with van der Waals surface area (Å²) in [6.45, 7) is 0. The molecule has 23 heavy (non-hydrogen) atoms. The van der Waals surface area contributed by atoms with Crippen LogP contribution in [0, 0.1) is 23.3 Å². The van der Waals surface area contributed by atoms with Crippen molar-refractivity contribution < 1.29 is 53.7 Å². The van der Waals surface area contributed by atoms with Crippen LogP contribution in [0.25, 0.3) is 6.08 Å². The molecule has 1 aromatic carbocycles. The summed E-state index contributed by atoms with van der Waals surface area (Å²) in [4.78, 5) is 0. The zero-order chi connectivity index (χ0) is 18.0. The molecule has 0 amide bonds. The Morgan fingerprint density at radius 3 is 1.74 bits per heavy atom. The third-order valence-corrected chi connectivity index (χ3v) is 2.84. The average Bonchev–Trinajstić information content (AvgIpc) is 2.39. The topological polar surface area (TPSA) is 29.5 Å². The van der Waals surface area contributed by atoms with Gasteiger partial charge in [-0.2, -0.15) is 26.3 Å². The molecule has 1 N–H and O–H groups in total. The fraction of sp³-hybridized carbons (Fsp3) is 0.273. The third-order valence-electron chi connectivity index (χ3n) is 2.84. The molecule has 128 valence electrons. The first-order valence-electron chi connectivity index (χ1n) is 5.35. The number of allylic oxidation sites excluding steroid dienone is 1. The van der Waals surface area contributed by atoms with Crippen molar-refractivity contribution in [2.45, 2.75) is 18.1 Å². The standard InChI is InChI=1S/C11H2F10O2/c12-5-2-1-3(10(16,17)18)23-9(22,11(19,20)21)4(2)6(13)8(15)7(5)14/h1,22H. The normalized spacial score (nSPS) is 21.6. The second kappa shape index (κ2) is 4.76. The van der Waals surface area contributed by atoms with E-state index in [0.29, 0.717) is 0 Å². The van der Waals surface area contributed by atoms with Crippen LogP contribution in [0.3, 0.4) is 0 Å². The molecule has 0 aromatic heterocycles. The van der Waals surface area contributed by atoms with Crippen molar-refractivity contribution in [1.82, 2.24) is 0 Å². The van der Waals surface area contributed by atoms with Crippen LogP contribution in [0.1, 0.15) is 11.1 Å². The van der Waals surface area contributed by atoms with Crippen molar-refractivity contribution in [2.24, 2.45) is 0 Å². The van der Waals surface area contributed by atoms with Crippen molar-refractivity contribution in [3.63, 3.8) is 0 Å². The molecule has 12 heteroatoms. The molecule has 0 saturated carbocycles. The Kier molecular flexibility index (Phi) is 3.59. The number of rotatable bonds is 0. The molecule has 1 aliphatic heterocycles. The molecule has 0 bridgehead atoms. The number of fused-ring (bicyclic) bond motifs is 1.